The van der Waals surface area contributed by atoms with Crippen LogP contribution in [-0.4, -0.2) is 6.54 Å². The highest BCUT2D eigenvalue weighted by Gasteiger charge is 2.19. The van der Waals surface area contributed by atoms with Crippen LogP contribution < -0.4 is 5.32 Å². The second-order valence-corrected chi connectivity index (χ2v) is 5.59. The molecule has 0 aliphatic rings. The fourth-order valence-electron chi connectivity index (χ4n) is 2.50. The number of anilines is 1. The third-order valence-corrected chi connectivity index (χ3v) is 3.77. The Hall–Kier alpha value is -2.61. The molecule has 2 nitrogen and oxygen atoms in total. The molecular formula is C21H22NO+. The van der Waals surface area contributed by atoms with Crippen LogP contribution in [0.5, 0.6) is 0 Å². The molecule has 0 aliphatic heterocycles. The fraction of sp³-hybridized carbons (Fsp3) is 0.190. The summed E-state index contributed by atoms with van der Waals surface area (Å²) in [5.74, 6) is 1.76. The van der Waals surface area contributed by atoms with Crippen LogP contribution in [0.15, 0.2) is 77.2 Å². The Bertz CT molecular complexity index is 681. The maximum Gasteiger partial charge on any atom is 0.362 e. The highest BCUT2D eigenvalue weighted by atomic mass is 16.3. The molecule has 2 aromatic carbocycles. The van der Waals surface area contributed by atoms with Crippen molar-refractivity contribution in [1.29, 1.82) is 0 Å². The first-order valence-corrected chi connectivity index (χ1v) is 8.19. The third-order valence-electron chi connectivity index (χ3n) is 3.77. The van der Waals surface area contributed by atoms with E-state index in [1.165, 1.54) is 6.42 Å². The minimum Gasteiger partial charge on any atom is -0.384 e. The summed E-state index contributed by atoms with van der Waals surface area (Å²) in [6.45, 7) is 3.18. The Morgan fingerprint density at radius 3 is 1.78 bits per heavy atom. The summed E-state index contributed by atoms with van der Waals surface area (Å²) >= 11 is 0. The van der Waals surface area contributed by atoms with Gasteiger partial charge in [0.15, 0.2) is 0 Å². The predicted molar refractivity (Wildman–Crippen MR) is 97.4 cm³/mol. The first-order chi connectivity index (χ1) is 11.4. The molecule has 23 heavy (non-hydrogen) atoms. The van der Waals surface area contributed by atoms with Gasteiger partial charge in [-0.25, -0.2) is 4.42 Å². The van der Waals surface area contributed by atoms with Gasteiger partial charge in [-0.05, 0) is 30.7 Å². The molecule has 1 aromatic heterocycles. The number of benzene rings is 2. The Labute approximate surface area is 137 Å². The van der Waals surface area contributed by atoms with Crippen LogP contribution >= 0.6 is 0 Å². The van der Waals surface area contributed by atoms with Crippen molar-refractivity contribution in [3.63, 3.8) is 0 Å². The number of hydrogen-bond donors (Lipinski definition) is 1. The average molecular weight is 304 g/mol. The molecule has 2 heteroatoms. The molecular weight excluding hydrogens is 282 g/mol. The molecule has 0 saturated carbocycles. The molecule has 0 fully saturated rings. The molecule has 0 amide bonds. The topological polar surface area (TPSA) is 23.3 Å². The van der Waals surface area contributed by atoms with Crippen LogP contribution in [0.2, 0.25) is 0 Å². The third kappa shape index (κ3) is 3.98. The molecule has 0 bridgehead atoms. The van der Waals surface area contributed by atoms with Gasteiger partial charge in [-0.3, -0.25) is 0 Å². The lowest BCUT2D eigenvalue weighted by molar-refractivity contribution is 0.582. The van der Waals surface area contributed by atoms with Gasteiger partial charge >= 0.3 is 11.5 Å². The van der Waals surface area contributed by atoms with Gasteiger partial charge in [0.05, 0.1) is 28.9 Å². The van der Waals surface area contributed by atoms with E-state index >= 15 is 0 Å². The second kappa shape index (κ2) is 7.59. The zero-order valence-electron chi connectivity index (χ0n) is 13.5. The van der Waals surface area contributed by atoms with Crippen LogP contribution in [0.25, 0.3) is 22.6 Å². The lowest BCUT2D eigenvalue weighted by Crippen LogP contribution is -2.01. The molecule has 0 aliphatic carbocycles. The van der Waals surface area contributed by atoms with Crippen LogP contribution in [-0.2, 0) is 0 Å². The van der Waals surface area contributed by atoms with Crippen molar-refractivity contribution in [2.24, 2.45) is 0 Å². The minimum absolute atomic E-state index is 0.881. The van der Waals surface area contributed by atoms with Crippen molar-refractivity contribution in [1.82, 2.24) is 0 Å². The Morgan fingerprint density at radius 1 is 0.783 bits per heavy atom. The summed E-state index contributed by atoms with van der Waals surface area (Å²) in [6, 6.07) is 24.6. The van der Waals surface area contributed by atoms with E-state index in [0.717, 1.165) is 41.3 Å². The molecule has 0 atom stereocenters. The standard InChI is InChI=1S/C21H22NO/c1-2-3-14-22-19-15-20(17-10-6-4-7-11-17)23-21(16-19)18-12-8-5-9-13-18/h4-13,15-16,22H,2-3,14H2,1H3/q+1. The molecule has 0 unspecified atom stereocenters. The summed E-state index contributed by atoms with van der Waals surface area (Å²) in [6.07, 6.45) is 2.34. The van der Waals surface area contributed by atoms with E-state index < -0.39 is 0 Å². The first-order valence-electron chi connectivity index (χ1n) is 8.19. The normalized spacial score (nSPS) is 10.5. The highest BCUT2D eigenvalue weighted by molar-refractivity contribution is 5.69. The molecule has 1 heterocycles. The van der Waals surface area contributed by atoms with E-state index in [0.29, 0.717) is 0 Å². The van der Waals surface area contributed by atoms with Crippen molar-refractivity contribution in [2.45, 2.75) is 19.8 Å². The van der Waals surface area contributed by atoms with Gasteiger partial charge in [-0.15, -0.1) is 0 Å². The van der Waals surface area contributed by atoms with E-state index in [1.807, 2.05) is 36.4 Å². The average Bonchev–Trinajstić information content (AvgIpc) is 2.63. The number of rotatable bonds is 6. The summed E-state index contributed by atoms with van der Waals surface area (Å²) in [5, 5.41) is 3.51. The molecule has 0 radical (unpaired) electrons. The van der Waals surface area contributed by atoms with Crippen molar-refractivity contribution in [3.05, 3.63) is 72.8 Å². The van der Waals surface area contributed by atoms with E-state index in [2.05, 4.69) is 48.6 Å². The van der Waals surface area contributed by atoms with Gasteiger partial charge in [0.25, 0.3) is 0 Å². The minimum atomic E-state index is 0.881. The SMILES string of the molecule is CCCCNc1cc(-c2ccccc2)[o+]c(-c2ccccc2)c1. The van der Waals surface area contributed by atoms with E-state index in [4.69, 9.17) is 4.42 Å². The lowest BCUT2D eigenvalue weighted by Gasteiger charge is -2.04. The molecule has 116 valence electrons. The van der Waals surface area contributed by atoms with Crippen LogP contribution in [0, 0.1) is 0 Å². The summed E-state index contributed by atoms with van der Waals surface area (Å²) < 4.78 is 6.16. The predicted octanol–water partition coefficient (Wildman–Crippen LogP) is 6.11. The number of hydrogen-bond acceptors (Lipinski definition) is 1. The quantitative estimate of drug-likeness (QED) is 0.439. The Kier molecular flexibility index (Phi) is 5.05. The summed E-state index contributed by atoms with van der Waals surface area (Å²) in [7, 11) is 0. The van der Waals surface area contributed by atoms with E-state index in [9.17, 15) is 0 Å². The van der Waals surface area contributed by atoms with Gasteiger partial charge in [0.2, 0.25) is 0 Å². The summed E-state index contributed by atoms with van der Waals surface area (Å²) in [5.41, 5.74) is 3.27. The zero-order chi connectivity index (χ0) is 15.9. The molecule has 0 spiro atoms. The summed E-state index contributed by atoms with van der Waals surface area (Å²) in [4.78, 5) is 0. The van der Waals surface area contributed by atoms with Crippen molar-refractivity contribution >= 4 is 5.69 Å². The van der Waals surface area contributed by atoms with Crippen LogP contribution in [0.3, 0.4) is 0 Å². The number of nitrogens with one attached hydrogen (secondary N) is 1. The first kappa shape index (κ1) is 15.3. The fourth-order valence-corrected chi connectivity index (χ4v) is 2.50. The van der Waals surface area contributed by atoms with Gasteiger partial charge in [0.1, 0.15) is 0 Å². The second-order valence-electron chi connectivity index (χ2n) is 5.59. The van der Waals surface area contributed by atoms with Gasteiger partial charge in [0, 0.05) is 6.54 Å². The number of unbranched alkanes of at least 4 members (excludes halogenated alkanes) is 1. The molecule has 1 N–H and O–H groups in total. The molecule has 0 saturated heterocycles. The maximum atomic E-state index is 6.16. The van der Waals surface area contributed by atoms with E-state index in [1.54, 1.807) is 0 Å². The molecule has 3 rings (SSSR count). The van der Waals surface area contributed by atoms with Gasteiger partial charge < -0.3 is 5.32 Å². The lowest BCUT2D eigenvalue weighted by atomic mass is 10.1. The zero-order valence-corrected chi connectivity index (χ0v) is 13.5. The van der Waals surface area contributed by atoms with Gasteiger partial charge in [-0.2, -0.15) is 0 Å². The Balaban J connectivity index is 2.00. The van der Waals surface area contributed by atoms with Crippen molar-refractivity contribution < 1.29 is 4.42 Å². The monoisotopic (exact) mass is 304 g/mol. The van der Waals surface area contributed by atoms with Crippen molar-refractivity contribution in [2.75, 3.05) is 11.9 Å². The Morgan fingerprint density at radius 2 is 1.30 bits per heavy atom. The van der Waals surface area contributed by atoms with Crippen molar-refractivity contribution in [3.8, 4) is 22.6 Å². The maximum absolute atomic E-state index is 6.16. The van der Waals surface area contributed by atoms with Gasteiger partial charge in [-0.1, -0.05) is 49.7 Å². The van der Waals surface area contributed by atoms with Crippen LogP contribution in [0.1, 0.15) is 19.8 Å². The largest absolute Gasteiger partial charge is 0.384 e. The van der Waals surface area contributed by atoms with E-state index in [-0.39, 0.29) is 0 Å². The molecule has 3 aromatic rings. The highest BCUT2D eigenvalue weighted by Crippen LogP contribution is 2.30. The smallest absolute Gasteiger partial charge is 0.362 e. The van der Waals surface area contributed by atoms with Crippen LogP contribution in [0.4, 0.5) is 5.69 Å².